The van der Waals surface area contributed by atoms with E-state index in [-0.39, 0.29) is 18.2 Å². The smallest absolute Gasteiger partial charge is 0.251 e. The first kappa shape index (κ1) is 20.3. The van der Waals surface area contributed by atoms with E-state index in [4.69, 9.17) is 4.98 Å². The number of carbonyl (C=O) groups is 2. The molecule has 31 heavy (non-hydrogen) atoms. The van der Waals surface area contributed by atoms with Crippen LogP contribution in [0.15, 0.2) is 42.5 Å². The van der Waals surface area contributed by atoms with Crippen LogP contribution in [0.1, 0.15) is 44.6 Å². The number of thiazole rings is 1. The highest BCUT2D eigenvalue weighted by molar-refractivity contribution is 7.21. The first-order valence-corrected chi connectivity index (χ1v) is 11.9. The summed E-state index contributed by atoms with van der Waals surface area (Å²) < 4.78 is 1.16. The van der Waals surface area contributed by atoms with E-state index in [0.29, 0.717) is 17.6 Å². The Balaban J connectivity index is 1.33. The molecule has 6 heteroatoms. The number of hydrogen-bond acceptors (Lipinski definition) is 5. The molecule has 2 heterocycles. The highest BCUT2D eigenvalue weighted by atomic mass is 32.1. The number of fused-ring (bicyclic) bond motifs is 1. The predicted molar refractivity (Wildman–Crippen MR) is 125 cm³/mol. The summed E-state index contributed by atoms with van der Waals surface area (Å²) in [5.74, 6) is 0.280. The van der Waals surface area contributed by atoms with Gasteiger partial charge in [0.2, 0.25) is 5.91 Å². The van der Waals surface area contributed by atoms with Crippen LogP contribution in [-0.2, 0) is 9.59 Å². The highest BCUT2D eigenvalue weighted by Crippen LogP contribution is 2.33. The summed E-state index contributed by atoms with van der Waals surface area (Å²) in [6.07, 6.45) is 4.94. The number of carbonyl (C=O) groups excluding carboxylic acids is 2. The van der Waals surface area contributed by atoms with E-state index in [2.05, 4.69) is 31.3 Å². The molecule has 2 aromatic carbocycles. The van der Waals surface area contributed by atoms with Gasteiger partial charge in [0.1, 0.15) is 5.01 Å². The normalized spacial score (nSPS) is 24.3. The zero-order valence-electron chi connectivity index (χ0n) is 17.9. The van der Waals surface area contributed by atoms with E-state index in [1.165, 1.54) is 29.7 Å². The van der Waals surface area contributed by atoms with Crippen LogP contribution in [0.3, 0.4) is 0 Å². The number of amides is 2. The minimum absolute atomic E-state index is 0.130. The van der Waals surface area contributed by atoms with Gasteiger partial charge in [0.05, 0.1) is 28.4 Å². The molecular formula is C25H27N3O2S. The summed E-state index contributed by atoms with van der Waals surface area (Å²) in [5.41, 5.74) is 3.84. The molecule has 1 saturated heterocycles. The first-order valence-electron chi connectivity index (χ1n) is 11.1. The standard InChI is InChI=1S/C25H27N3O2S/c1-15-7-12-20-22(13-15)31-24(27-20)17-8-10-18(11-9-17)28-23(29)14-21(25(28)30)26-19-6-4-3-5-16(19)2/h7-13,16,19,21,26H,3-6,14H2,1-2H3/t16-,19-,21-/m1/s1. The van der Waals surface area contributed by atoms with E-state index in [1.807, 2.05) is 30.3 Å². The summed E-state index contributed by atoms with van der Waals surface area (Å²) in [6, 6.07) is 13.8. The Morgan fingerprint density at radius 3 is 2.61 bits per heavy atom. The van der Waals surface area contributed by atoms with Gasteiger partial charge in [-0.2, -0.15) is 0 Å². The second kappa shape index (κ2) is 8.17. The molecule has 5 nitrogen and oxygen atoms in total. The maximum absolute atomic E-state index is 13.0. The molecule has 1 aliphatic heterocycles. The zero-order chi connectivity index (χ0) is 21.5. The third kappa shape index (κ3) is 3.90. The van der Waals surface area contributed by atoms with Gasteiger partial charge in [-0.25, -0.2) is 9.88 Å². The van der Waals surface area contributed by atoms with Gasteiger partial charge in [0.25, 0.3) is 5.91 Å². The van der Waals surface area contributed by atoms with Crippen LogP contribution in [0.5, 0.6) is 0 Å². The van der Waals surface area contributed by atoms with Gasteiger partial charge in [-0.05, 0) is 67.6 Å². The Morgan fingerprint density at radius 2 is 1.84 bits per heavy atom. The van der Waals surface area contributed by atoms with Gasteiger partial charge >= 0.3 is 0 Å². The molecule has 0 spiro atoms. The maximum atomic E-state index is 13.0. The number of anilines is 1. The topological polar surface area (TPSA) is 62.3 Å². The zero-order valence-corrected chi connectivity index (χ0v) is 18.7. The predicted octanol–water partition coefficient (Wildman–Crippen LogP) is 5.07. The molecule has 1 N–H and O–H groups in total. The number of nitrogens with zero attached hydrogens (tertiary/aromatic N) is 2. The van der Waals surface area contributed by atoms with Gasteiger partial charge in [-0.1, -0.05) is 25.8 Å². The van der Waals surface area contributed by atoms with E-state index in [0.717, 1.165) is 27.2 Å². The third-order valence-corrected chi connectivity index (χ3v) is 7.66. The molecule has 0 radical (unpaired) electrons. The average Bonchev–Trinajstić information content (AvgIpc) is 3.30. The van der Waals surface area contributed by atoms with Crippen LogP contribution in [0, 0.1) is 12.8 Å². The lowest BCUT2D eigenvalue weighted by molar-refractivity contribution is -0.121. The van der Waals surface area contributed by atoms with Crippen LogP contribution in [0.2, 0.25) is 0 Å². The number of nitrogens with one attached hydrogen (secondary N) is 1. The Bertz CT molecular complexity index is 1140. The van der Waals surface area contributed by atoms with Gasteiger partial charge in [0, 0.05) is 11.6 Å². The van der Waals surface area contributed by atoms with E-state index in [9.17, 15) is 9.59 Å². The molecule has 2 aliphatic rings. The molecule has 0 unspecified atom stereocenters. The van der Waals surface area contributed by atoms with Crippen molar-refractivity contribution in [3.05, 3.63) is 48.0 Å². The summed E-state index contributed by atoms with van der Waals surface area (Å²) in [5, 5.41) is 4.43. The lowest BCUT2D eigenvalue weighted by atomic mass is 9.85. The number of imide groups is 1. The molecule has 0 bridgehead atoms. The molecule has 3 atom stereocenters. The quantitative estimate of drug-likeness (QED) is 0.584. The Labute approximate surface area is 186 Å². The lowest BCUT2D eigenvalue weighted by Crippen LogP contribution is -2.47. The number of benzene rings is 2. The SMILES string of the molecule is Cc1ccc2nc(-c3ccc(N4C(=O)C[C@@H](N[C@@H]5CCCC[C@H]5C)C4=O)cc3)sc2c1. The summed E-state index contributed by atoms with van der Waals surface area (Å²) >= 11 is 1.66. The molecule has 2 amide bonds. The van der Waals surface area contributed by atoms with Crippen molar-refractivity contribution in [2.24, 2.45) is 5.92 Å². The van der Waals surface area contributed by atoms with Crippen molar-refractivity contribution in [1.29, 1.82) is 0 Å². The maximum Gasteiger partial charge on any atom is 0.251 e. The lowest BCUT2D eigenvalue weighted by Gasteiger charge is -2.31. The first-order chi connectivity index (χ1) is 15.0. The van der Waals surface area contributed by atoms with Crippen molar-refractivity contribution in [1.82, 2.24) is 10.3 Å². The van der Waals surface area contributed by atoms with Crippen molar-refractivity contribution < 1.29 is 9.59 Å². The van der Waals surface area contributed by atoms with Crippen molar-refractivity contribution >= 4 is 39.1 Å². The van der Waals surface area contributed by atoms with Gasteiger partial charge < -0.3 is 5.32 Å². The number of aryl methyl sites for hydroxylation is 1. The molecular weight excluding hydrogens is 406 g/mol. The fourth-order valence-corrected chi connectivity index (χ4v) is 5.83. The summed E-state index contributed by atoms with van der Waals surface area (Å²) in [4.78, 5) is 31.8. The molecule has 1 aromatic heterocycles. The number of hydrogen-bond donors (Lipinski definition) is 1. The summed E-state index contributed by atoms with van der Waals surface area (Å²) in [6.45, 7) is 4.31. The second-order valence-electron chi connectivity index (χ2n) is 8.90. The van der Waals surface area contributed by atoms with Crippen LogP contribution >= 0.6 is 11.3 Å². The molecule has 5 rings (SSSR count). The van der Waals surface area contributed by atoms with Crippen molar-refractivity contribution in [2.45, 2.75) is 58.0 Å². The molecule has 160 valence electrons. The molecule has 3 aromatic rings. The monoisotopic (exact) mass is 433 g/mol. The highest BCUT2D eigenvalue weighted by Gasteiger charge is 2.41. The van der Waals surface area contributed by atoms with E-state index in [1.54, 1.807) is 11.3 Å². The minimum atomic E-state index is -0.412. The van der Waals surface area contributed by atoms with Gasteiger partial charge in [0.15, 0.2) is 0 Å². The van der Waals surface area contributed by atoms with Crippen molar-refractivity contribution in [2.75, 3.05) is 4.90 Å². The number of rotatable bonds is 4. The Hall–Kier alpha value is -2.57. The molecule has 1 saturated carbocycles. The van der Waals surface area contributed by atoms with E-state index < -0.39 is 6.04 Å². The van der Waals surface area contributed by atoms with Crippen LogP contribution in [0.4, 0.5) is 5.69 Å². The van der Waals surface area contributed by atoms with Crippen molar-refractivity contribution in [3.63, 3.8) is 0 Å². The fourth-order valence-electron chi connectivity index (χ4n) is 4.76. The number of aromatic nitrogens is 1. The molecule has 2 fully saturated rings. The van der Waals surface area contributed by atoms with Crippen LogP contribution in [0.25, 0.3) is 20.8 Å². The Kier molecular flexibility index (Phi) is 5.36. The van der Waals surface area contributed by atoms with Crippen LogP contribution in [-0.4, -0.2) is 28.9 Å². The van der Waals surface area contributed by atoms with Crippen LogP contribution < -0.4 is 10.2 Å². The molecule has 1 aliphatic carbocycles. The van der Waals surface area contributed by atoms with Gasteiger partial charge in [-0.3, -0.25) is 9.59 Å². The third-order valence-electron chi connectivity index (χ3n) is 6.59. The van der Waals surface area contributed by atoms with Crippen molar-refractivity contribution in [3.8, 4) is 10.6 Å². The van der Waals surface area contributed by atoms with E-state index >= 15 is 0 Å². The summed E-state index contributed by atoms with van der Waals surface area (Å²) in [7, 11) is 0. The second-order valence-corrected chi connectivity index (χ2v) is 9.93. The fraction of sp³-hybridized carbons (Fsp3) is 0.400. The minimum Gasteiger partial charge on any atom is -0.302 e. The average molecular weight is 434 g/mol. The van der Waals surface area contributed by atoms with Gasteiger partial charge in [-0.15, -0.1) is 11.3 Å². The largest absolute Gasteiger partial charge is 0.302 e. The Morgan fingerprint density at radius 1 is 1.06 bits per heavy atom.